The van der Waals surface area contributed by atoms with Crippen LogP contribution in [0.25, 0.3) is 0 Å². The van der Waals surface area contributed by atoms with E-state index < -0.39 is 6.10 Å². The molecular weight excluding hydrogens is 240 g/mol. The zero-order valence-corrected chi connectivity index (χ0v) is 10.7. The number of hydrogen-bond donors (Lipinski definition) is 2. The van der Waals surface area contributed by atoms with Gasteiger partial charge in [-0.15, -0.1) is 0 Å². The Kier molecular flexibility index (Phi) is 4.03. The summed E-state index contributed by atoms with van der Waals surface area (Å²) in [6, 6.07) is 16.3. The van der Waals surface area contributed by atoms with Crippen molar-refractivity contribution in [3.8, 4) is 5.75 Å². The predicted molar refractivity (Wildman–Crippen MR) is 76.0 cm³/mol. The third kappa shape index (κ3) is 3.74. The molecule has 0 radical (unpaired) electrons. The quantitative estimate of drug-likeness (QED) is 0.827. The molecule has 3 N–H and O–H groups in total. The Morgan fingerprint density at radius 3 is 2.58 bits per heavy atom. The topological polar surface area (TPSA) is 64.3 Å². The van der Waals surface area contributed by atoms with Gasteiger partial charge >= 0.3 is 0 Å². The van der Waals surface area contributed by atoms with E-state index in [-0.39, 0.29) is 5.91 Å². The third-order valence-electron chi connectivity index (χ3n) is 2.58. The van der Waals surface area contributed by atoms with E-state index >= 15 is 0 Å². The van der Waals surface area contributed by atoms with Gasteiger partial charge in [0.15, 0.2) is 6.10 Å². The van der Waals surface area contributed by atoms with E-state index in [9.17, 15) is 4.79 Å². The first-order valence-corrected chi connectivity index (χ1v) is 6.03. The number of benzene rings is 2. The molecule has 1 amide bonds. The van der Waals surface area contributed by atoms with Gasteiger partial charge in [-0.25, -0.2) is 0 Å². The maximum Gasteiger partial charge on any atom is 0.265 e. The van der Waals surface area contributed by atoms with E-state index in [2.05, 4.69) is 5.32 Å². The van der Waals surface area contributed by atoms with Crippen LogP contribution in [0.1, 0.15) is 6.92 Å². The second-order valence-electron chi connectivity index (χ2n) is 4.19. The van der Waals surface area contributed by atoms with Crippen molar-refractivity contribution in [1.82, 2.24) is 0 Å². The van der Waals surface area contributed by atoms with Gasteiger partial charge in [0.05, 0.1) is 0 Å². The standard InChI is InChI=1S/C15H16N2O2/c1-11(19-14-9-5-6-12(16)10-14)15(18)17-13-7-3-2-4-8-13/h2-11H,16H2,1H3,(H,17,18)/t11-/m0/s1. The van der Waals surface area contributed by atoms with Crippen molar-refractivity contribution in [2.45, 2.75) is 13.0 Å². The van der Waals surface area contributed by atoms with Gasteiger partial charge in [0.1, 0.15) is 5.75 Å². The van der Waals surface area contributed by atoms with Crippen molar-refractivity contribution in [3.63, 3.8) is 0 Å². The van der Waals surface area contributed by atoms with E-state index in [0.717, 1.165) is 5.69 Å². The molecule has 0 spiro atoms. The minimum absolute atomic E-state index is 0.200. The van der Waals surface area contributed by atoms with Gasteiger partial charge in [-0.05, 0) is 31.2 Å². The number of anilines is 2. The van der Waals surface area contributed by atoms with Crippen LogP contribution in [0.3, 0.4) is 0 Å². The molecule has 0 bridgehead atoms. The number of nitrogen functional groups attached to an aromatic ring is 1. The van der Waals surface area contributed by atoms with Crippen molar-refractivity contribution >= 4 is 17.3 Å². The fraction of sp³-hybridized carbons (Fsp3) is 0.133. The number of ether oxygens (including phenoxy) is 1. The molecule has 0 heterocycles. The summed E-state index contributed by atoms with van der Waals surface area (Å²) < 4.78 is 5.54. The summed E-state index contributed by atoms with van der Waals surface area (Å²) in [4.78, 5) is 11.9. The lowest BCUT2D eigenvalue weighted by atomic mass is 10.3. The molecule has 0 aliphatic carbocycles. The lowest BCUT2D eigenvalue weighted by molar-refractivity contribution is -0.122. The smallest absolute Gasteiger partial charge is 0.265 e. The number of carbonyl (C=O) groups excluding carboxylic acids is 1. The second-order valence-corrected chi connectivity index (χ2v) is 4.19. The monoisotopic (exact) mass is 256 g/mol. The van der Waals surface area contributed by atoms with E-state index in [4.69, 9.17) is 10.5 Å². The van der Waals surface area contributed by atoms with Crippen LogP contribution in [0.4, 0.5) is 11.4 Å². The van der Waals surface area contributed by atoms with Crippen LogP contribution in [0, 0.1) is 0 Å². The van der Waals surface area contributed by atoms with Crippen LogP contribution in [0.15, 0.2) is 54.6 Å². The summed E-state index contributed by atoms with van der Waals surface area (Å²) in [7, 11) is 0. The van der Waals surface area contributed by atoms with Crippen LogP contribution < -0.4 is 15.8 Å². The average molecular weight is 256 g/mol. The van der Waals surface area contributed by atoms with E-state index in [1.54, 1.807) is 31.2 Å². The predicted octanol–water partition coefficient (Wildman–Crippen LogP) is 2.67. The first-order chi connectivity index (χ1) is 9.15. The molecule has 1 atom stereocenters. The highest BCUT2D eigenvalue weighted by Crippen LogP contribution is 2.16. The highest BCUT2D eigenvalue weighted by Gasteiger charge is 2.14. The summed E-state index contributed by atoms with van der Waals surface area (Å²) in [5.41, 5.74) is 7.00. The SMILES string of the molecule is C[C@H](Oc1cccc(N)c1)C(=O)Nc1ccccc1. The van der Waals surface area contributed by atoms with E-state index in [1.165, 1.54) is 0 Å². The fourth-order valence-electron chi connectivity index (χ4n) is 1.61. The Morgan fingerprint density at radius 1 is 1.16 bits per heavy atom. The van der Waals surface area contributed by atoms with Gasteiger partial charge < -0.3 is 15.8 Å². The molecule has 0 aromatic heterocycles. The van der Waals surface area contributed by atoms with Crippen molar-refractivity contribution < 1.29 is 9.53 Å². The summed E-state index contributed by atoms with van der Waals surface area (Å²) in [5.74, 6) is 0.379. The maximum absolute atomic E-state index is 11.9. The number of rotatable bonds is 4. The highest BCUT2D eigenvalue weighted by molar-refractivity contribution is 5.94. The first-order valence-electron chi connectivity index (χ1n) is 6.03. The van der Waals surface area contributed by atoms with Gasteiger partial charge in [0.2, 0.25) is 0 Å². The number of para-hydroxylation sites is 1. The molecule has 0 saturated heterocycles. The number of amides is 1. The van der Waals surface area contributed by atoms with Crippen molar-refractivity contribution in [3.05, 3.63) is 54.6 Å². The number of carbonyl (C=O) groups is 1. The molecule has 4 nitrogen and oxygen atoms in total. The molecule has 2 aromatic carbocycles. The average Bonchev–Trinajstić information content (AvgIpc) is 2.40. The maximum atomic E-state index is 11.9. The Morgan fingerprint density at radius 2 is 1.89 bits per heavy atom. The van der Waals surface area contributed by atoms with Crippen molar-refractivity contribution in [2.75, 3.05) is 11.1 Å². The van der Waals surface area contributed by atoms with Crippen LogP contribution in [0.2, 0.25) is 0 Å². The molecule has 19 heavy (non-hydrogen) atoms. The minimum Gasteiger partial charge on any atom is -0.481 e. The van der Waals surface area contributed by atoms with Gasteiger partial charge in [0, 0.05) is 17.4 Å². The Hall–Kier alpha value is -2.49. The lowest BCUT2D eigenvalue weighted by Crippen LogP contribution is -2.30. The molecule has 0 unspecified atom stereocenters. The summed E-state index contributed by atoms with van der Waals surface area (Å²) >= 11 is 0. The molecule has 0 saturated carbocycles. The molecule has 4 heteroatoms. The van der Waals surface area contributed by atoms with Crippen molar-refractivity contribution in [1.29, 1.82) is 0 Å². The van der Waals surface area contributed by atoms with Crippen LogP contribution in [-0.4, -0.2) is 12.0 Å². The van der Waals surface area contributed by atoms with E-state index in [1.807, 2.05) is 30.3 Å². The Bertz CT molecular complexity index is 555. The molecule has 2 rings (SSSR count). The second kappa shape index (κ2) is 5.91. The lowest BCUT2D eigenvalue weighted by Gasteiger charge is -2.15. The third-order valence-corrected chi connectivity index (χ3v) is 2.58. The number of nitrogens with two attached hydrogens (primary N) is 1. The Labute approximate surface area is 112 Å². The normalized spacial score (nSPS) is 11.6. The number of nitrogens with one attached hydrogen (secondary N) is 1. The molecule has 0 aliphatic heterocycles. The van der Waals surface area contributed by atoms with Crippen molar-refractivity contribution in [2.24, 2.45) is 0 Å². The zero-order chi connectivity index (χ0) is 13.7. The molecule has 98 valence electrons. The van der Waals surface area contributed by atoms with Crippen LogP contribution in [0.5, 0.6) is 5.75 Å². The van der Waals surface area contributed by atoms with Gasteiger partial charge in [-0.2, -0.15) is 0 Å². The first kappa shape index (κ1) is 13.0. The molecule has 0 fully saturated rings. The zero-order valence-electron chi connectivity index (χ0n) is 10.7. The van der Waals surface area contributed by atoms with Gasteiger partial charge in [-0.1, -0.05) is 24.3 Å². The largest absolute Gasteiger partial charge is 0.481 e. The summed E-state index contributed by atoms with van der Waals surface area (Å²) in [6.45, 7) is 1.70. The van der Waals surface area contributed by atoms with E-state index in [0.29, 0.717) is 11.4 Å². The molecular formula is C15H16N2O2. The van der Waals surface area contributed by atoms with Gasteiger partial charge in [0.25, 0.3) is 5.91 Å². The molecule has 0 aliphatic rings. The van der Waals surface area contributed by atoms with Crippen LogP contribution in [-0.2, 0) is 4.79 Å². The van der Waals surface area contributed by atoms with Gasteiger partial charge in [-0.3, -0.25) is 4.79 Å². The fourth-order valence-corrected chi connectivity index (χ4v) is 1.61. The highest BCUT2D eigenvalue weighted by atomic mass is 16.5. The number of hydrogen-bond acceptors (Lipinski definition) is 3. The minimum atomic E-state index is -0.595. The van der Waals surface area contributed by atoms with Crippen LogP contribution >= 0.6 is 0 Å². The Balaban J connectivity index is 1.96. The molecule has 2 aromatic rings. The summed E-state index contributed by atoms with van der Waals surface area (Å²) in [5, 5.41) is 2.78. The summed E-state index contributed by atoms with van der Waals surface area (Å²) in [6.07, 6.45) is -0.595.